The molecule has 1 amide bonds. The maximum absolute atomic E-state index is 12.5. The number of tetrazole rings is 1. The zero-order valence-electron chi connectivity index (χ0n) is 13.7. The Bertz CT molecular complexity index is 1010. The second kappa shape index (κ2) is 6.60. The molecule has 0 fully saturated rings. The fraction of sp³-hybridized carbons (Fsp3) is 0.250. The minimum Gasteiger partial charge on any atom is -0.345 e. The fourth-order valence-corrected chi connectivity index (χ4v) is 3.12. The number of benzene rings is 1. The summed E-state index contributed by atoms with van der Waals surface area (Å²) in [6.45, 7) is 1.95. The summed E-state index contributed by atoms with van der Waals surface area (Å²) in [5, 5.41) is 14.0. The van der Waals surface area contributed by atoms with Crippen LogP contribution in [0.25, 0.3) is 5.65 Å². The molecule has 3 aromatic rings. The van der Waals surface area contributed by atoms with Crippen molar-refractivity contribution in [3.8, 4) is 0 Å². The highest BCUT2D eigenvalue weighted by molar-refractivity contribution is 7.90. The molecular formula is C16H17N5O3S. The molecule has 8 nitrogen and oxygen atoms in total. The van der Waals surface area contributed by atoms with Gasteiger partial charge in [0.05, 0.1) is 10.9 Å². The summed E-state index contributed by atoms with van der Waals surface area (Å²) in [7, 11) is -3.24. The smallest absolute Gasteiger partial charge is 0.251 e. The summed E-state index contributed by atoms with van der Waals surface area (Å²) in [6, 6.07) is 9.55. The topological polar surface area (TPSA) is 106 Å². The first-order chi connectivity index (χ1) is 11.9. The molecule has 3 rings (SSSR count). The van der Waals surface area contributed by atoms with Crippen molar-refractivity contribution in [3.63, 3.8) is 0 Å². The number of hydrogen-bond acceptors (Lipinski definition) is 6. The van der Waals surface area contributed by atoms with E-state index in [1.54, 1.807) is 42.6 Å². The number of nitrogens with zero attached hydrogens (tertiary/aromatic N) is 4. The van der Waals surface area contributed by atoms with Crippen molar-refractivity contribution in [2.24, 2.45) is 0 Å². The number of hydrogen-bond donors (Lipinski definition) is 1. The van der Waals surface area contributed by atoms with Gasteiger partial charge in [-0.25, -0.2) is 12.9 Å². The molecule has 1 atom stereocenters. The average molecular weight is 359 g/mol. The molecule has 0 aliphatic rings. The summed E-state index contributed by atoms with van der Waals surface area (Å²) in [6.07, 6.45) is 3.45. The van der Waals surface area contributed by atoms with Crippen LogP contribution < -0.4 is 5.32 Å². The van der Waals surface area contributed by atoms with Crippen molar-refractivity contribution >= 4 is 21.4 Å². The van der Waals surface area contributed by atoms with Crippen LogP contribution >= 0.6 is 0 Å². The SMILES string of the molecule is CC[C@H](NC(=O)c1ccn2nnnc2c1)c1ccc(S(C)(=O)=O)cc1. The summed E-state index contributed by atoms with van der Waals surface area (Å²) in [5.74, 6) is -0.246. The lowest BCUT2D eigenvalue weighted by molar-refractivity contribution is 0.0935. The Hall–Kier alpha value is -2.81. The van der Waals surface area contributed by atoms with Crippen LogP contribution in [0.2, 0.25) is 0 Å². The van der Waals surface area contributed by atoms with Gasteiger partial charge in [-0.15, -0.1) is 5.10 Å². The zero-order valence-corrected chi connectivity index (χ0v) is 14.6. The van der Waals surface area contributed by atoms with Crippen LogP contribution in [0, 0.1) is 0 Å². The maximum atomic E-state index is 12.5. The normalized spacial score (nSPS) is 12.9. The Labute approximate surface area is 144 Å². The number of sulfone groups is 1. The molecule has 0 aliphatic carbocycles. The van der Waals surface area contributed by atoms with Crippen molar-refractivity contribution in [2.75, 3.05) is 6.26 Å². The predicted molar refractivity (Wildman–Crippen MR) is 90.8 cm³/mol. The van der Waals surface area contributed by atoms with Gasteiger partial charge >= 0.3 is 0 Å². The Morgan fingerprint density at radius 1 is 1.24 bits per heavy atom. The molecule has 0 unspecified atom stereocenters. The van der Waals surface area contributed by atoms with Crippen molar-refractivity contribution in [2.45, 2.75) is 24.3 Å². The molecule has 9 heteroatoms. The minimum atomic E-state index is -3.24. The molecule has 2 heterocycles. The Morgan fingerprint density at radius 3 is 2.60 bits per heavy atom. The van der Waals surface area contributed by atoms with Gasteiger partial charge in [0.1, 0.15) is 0 Å². The van der Waals surface area contributed by atoms with Crippen LogP contribution in [0.4, 0.5) is 0 Å². The quantitative estimate of drug-likeness (QED) is 0.738. The predicted octanol–water partition coefficient (Wildman–Crippen LogP) is 1.41. The molecule has 0 saturated heterocycles. The summed E-state index contributed by atoms with van der Waals surface area (Å²) in [5.41, 5.74) is 1.78. The maximum Gasteiger partial charge on any atom is 0.251 e. The minimum absolute atomic E-state index is 0.228. The molecule has 0 saturated carbocycles. The Morgan fingerprint density at radius 2 is 1.96 bits per heavy atom. The van der Waals surface area contributed by atoms with E-state index in [9.17, 15) is 13.2 Å². The Balaban J connectivity index is 1.80. The van der Waals surface area contributed by atoms with Crippen LogP contribution in [0.3, 0.4) is 0 Å². The third-order valence-corrected chi connectivity index (χ3v) is 5.01. The van der Waals surface area contributed by atoms with Gasteiger partial charge in [0, 0.05) is 18.0 Å². The van der Waals surface area contributed by atoms with Crippen molar-refractivity contribution in [1.82, 2.24) is 25.4 Å². The lowest BCUT2D eigenvalue weighted by Crippen LogP contribution is -2.28. The lowest BCUT2D eigenvalue weighted by Gasteiger charge is -2.18. The van der Waals surface area contributed by atoms with Crippen LogP contribution in [-0.4, -0.2) is 40.6 Å². The van der Waals surface area contributed by atoms with Crippen molar-refractivity contribution in [3.05, 3.63) is 53.7 Å². The van der Waals surface area contributed by atoms with Gasteiger partial charge in [0.15, 0.2) is 15.5 Å². The highest BCUT2D eigenvalue weighted by Crippen LogP contribution is 2.20. The lowest BCUT2D eigenvalue weighted by atomic mass is 10.0. The molecule has 130 valence electrons. The van der Waals surface area contributed by atoms with Gasteiger partial charge in [0.25, 0.3) is 5.91 Å². The zero-order chi connectivity index (χ0) is 18.0. The van der Waals surface area contributed by atoms with Crippen molar-refractivity contribution < 1.29 is 13.2 Å². The summed E-state index contributed by atoms with van der Waals surface area (Å²) >= 11 is 0. The number of pyridine rings is 1. The van der Waals surface area contributed by atoms with Gasteiger partial charge in [-0.05, 0) is 46.7 Å². The van der Waals surface area contributed by atoms with E-state index in [1.807, 2.05) is 6.92 Å². The van der Waals surface area contributed by atoms with E-state index < -0.39 is 9.84 Å². The van der Waals surface area contributed by atoms with Crippen LogP contribution in [0.15, 0.2) is 47.5 Å². The standard InChI is InChI=1S/C16H17N5O3S/c1-3-14(11-4-6-13(7-5-11)25(2,23)24)17-16(22)12-8-9-21-15(10-12)18-19-20-21/h4-10,14H,3H2,1-2H3,(H,17,22)/t14-/m0/s1. The first kappa shape index (κ1) is 17.0. The average Bonchev–Trinajstić information content (AvgIpc) is 3.06. The van der Waals surface area contributed by atoms with Gasteiger partial charge in [-0.1, -0.05) is 19.1 Å². The fourth-order valence-electron chi connectivity index (χ4n) is 2.49. The Kier molecular flexibility index (Phi) is 4.49. The molecule has 0 aliphatic heterocycles. The van der Waals surface area contributed by atoms with Gasteiger partial charge < -0.3 is 5.32 Å². The highest BCUT2D eigenvalue weighted by Gasteiger charge is 2.16. The molecule has 2 aromatic heterocycles. The number of fused-ring (bicyclic) bond motifs is 1. The summed E-state index contributed by atoms with van der Waals surface area (Å²) < 4.78 is 24.6. The molecule has 0 bridgehead atoms. The van der Waals surface area contributed by atoms with Gasteiger partial charge in [-0.2, -0.15) is 0 Å². The summed E-state index contributed by atoms with van der Waals surface area (Å²) in [4.78, 5) is 12.7. The van der Waals surface area contributed by atoms with E-state index in [0.717, 1.165) is 11.8 Å². The first-order valence-corrected chi connectivity index (χ1v) is 9.56. The second-order valence-corrected chi connectivity index (χ2v) is 7.69. The van der Waals surface area contributed by atoms with Crippen LogP contribution in [0.5, 0.6) is 0 Å². The first-order valence-electron chi connectivity index (χ1n) is 7.67. The largest absolute Gasteiger partial charge is 0.345 e. The van der Waals surface area contributed by atoms with E-state index in [4.69, 9.17) is 0 Å². The number of carbonyl (C=O) groups excluding carboxylic acids is 1. The van der Waals surface area contributed by atoms with E-state index >= 15 is 0 Å². The van der Waals surface area contributed by atoms with Gasteiger partial charge in [0.2, 0.25) is 0 Å². The second-order valence-electron chi connectivity index (χ2n) is 5.67. The van der Waals surface area contributed by atoms with Gasteiger partial charge in [-0.3, -0.25) is 4.79 Å². The molecule has 1 N–H and O–H groups in total. The van der Waals surface area contributed by atoms with E-state index in [0.29, 0.717) is 17.6 Å². The number of aromatic nitrogens is 4. The van der Waals surface area contributed by atoms with E-state index in [1.165, 1.54) is 4.52 Å². The number of nitrogens with one attached hydrogen (secondary N) is 1. The highest BCUT2D eigenvalue weighted by atomic mass is 32.2. The number of rotatable bonds is 5. The molecule has 25 heavy (non-hydrogen) atoms. The number of amides is 1. The van der Waals surface area contributed by atoms with Crippen LogP contribution in [0.1, 0.15) is 35.3 Å². The third kappa shape index (κ3) is 3.66. The van der Waals surface area contributed by atoms with Crippen LogP contribution in [-0.2, 0) is 9.84 Å². The molecule has 0 spiro atoms. The third-order valence-electron chi connectivity index (χ3n) is 3.88. The molecular weight excluding hydrogens is 342 g/mol. The van der Waals surface area contributed by atoms with E-state index in [2.05, 4.69) is 20.8 Å². The molecule has 0 radical (unpaired) electrons. The van der Waals surface area contributed by atoms with Crippen molar-refractivity contribution in [1.29, 1.82) is 0 Å². The van der Waals surface area contributed by atoms with E-state index in [-0.39, 0.29) is 16.8 Å². The molecule has 1 aromatic carbocycles. The number of carbonyl (C=O) groups is 1. The monoisotopic (exact) mass is 359 g/mol.